The van der Waals surface area contributed by atoms with Crippen LogP contribution in [0.3, 0.4) is 0 Å². The van der Waals surface area contributed by atoms with Gasteiger partial charge in [0, 0.05) is 78.9 Å². The van der Waals surface area contributed by atoms with Gasteiger partial charge in [0.15, 0.2) is 11.6 Å². The van der Waals surface area contributed by atoms with Crippen LogP contribution in [0.4, 0.5) is 4.79 Å². The Balaban J connectivity index is 1.48. The molecule has 0 aromatic heterocycles. The maximum absolute atomic E-state index is 15.9. The van der Waals surface area contributed by atoms with Crippen LogP contribution in [0.15, 0.2) is 36.0 Å². The fourth-order valence-corrected chi connectivity index (χ4v) is 19.0. The maximum atomic E-state index is 15.9. The van der Waals surface area contributed by atoms with Gasteiger partial charge in [-0.15, -0.1) is 0 Å². The first-order valence-electron chi connectivity index (χ1n) is 44.2. The number of nitrogens with one attached hydrogen (secondary N) is 4. The fraction of sp³-hybridized carbons (Fsp3) is 0.758. The van der Waals surface area contributed by atoms with Crippen LogP contribution in [0.5, 0.6) is 0 Å². The summed E-state index contributed by atoms with van der Waals surface area (Å²) in [5.74, 6) is -12.7. The van der Waals surface area contributed by atoms with Crippen molar-refractivity contribution in [2.45, 2.75) is 313 Å². The topological polar surface area (TPSA) is 395 Å². The Hall–Kier alpha value is -8.61. The number of unbranched alkanes of at least 4 members (excludes halogenated alkanes) is 3. The van der Waals surface area contributed by atoms with Crippen molar-refractivity contribution in [2.75, 3.05) is 62.7 Å². The molecule has 6 N–H and O–H groups in total. The van der Waals surface area contributed by atoms with E-state index in [2.05, 4.69) is 28.2 Å². The zero-order valence-corrected chi connectivity index (χ0v) is 77.8. The molecule has 8 unspecified atom stereocenters. The van der Waals surface area contributed by atoms with Crippen LogP contribution in [0.2, 0.25) is 0 Å². The zero-order chi connectivity index (χ0) is 92.4. The molecular weight excluding hydrogens is 1570 g/mol. The van der Waals surface area contributed by atoms with Gasteiger partial charge >= 0.3 is 12.1 Å². The normalized spacial score (nSPS) is 30.4. The van der Waals surface area contributed by atoms with E-state index in [0.29, 0.717) is 32.1 Å². The molecule has 1 saturated heterocycles. The number of allylic oxidation sites excluding steroid dienone is 6. The molecule has 3 saturated carbocycles. The second kappa shape index (κ2) is 45.3. The molecule has 31 nitrogen and oxygen atoms in total. The van der Waals surface area contributed by atoms with E-state index in [0.717, 1.165) is 21.8 Å². The number of amides is 11. The number of nitrogens with zero attached hydrogens (tertiary/aromatic N) is 7. The molecule has 5 rings (SSSR count). The number of ether oxygens (including phenoxy) is 3. The maximum Gasteiger partial charge on any atom is 0.511 e. The van der Waals surface area contributed by atoms with Gasteiger partial charge in [-0.25, -0.2) is 4.79 Å². The lowest BCUT2D eigenvalue weighted by Gasteiger charge is -2.59. The Morgan fingerprint density at radius 1 is 0.598 bits per heavy atom. The highest BCUT2D eigenvalue weighted by molar-refractivity contribution is 6.02. The minimum Gasteiger partial charge on any atom is -0.428 e. The average Bonchev–Trinajstić information content (AvgIpc) is 1.47. The van der Waals surface area contributed by atoms with E-state index in [1.54, 1.807) is 79.2 Å². The number of Topliss-reactive ketones (excluding diaryl/α,β-unsaturated/α-hetero) is 1. The molecule has 0 spiro atoms. The molecule has 0 aromatic carbocycles. The number of ketones is 2. The Labute approximate surface area is 724 Å². The van der Waals surface area contributed by atoms with Gasteiger partial charge in [-0.2, -0.15) is 0 Å². The Morgan fingerprint density at radius 2 is 1.13 bits per heavy atom. The summed E-state index contributed by atoms with van der Waals surface area (Å²) in [5.41, 5.74) is -2.02. The van der Waals surface area contributed by atoms with Crippen LogP contribution in [-0.4, -0.2) is 274 Å². The SMILES string of the molecule is C/C=C/C[C@@H](C)C(OC(=O)OCOC(=O)CCCC[CH]CC(=O)[C@@]1(O)CCC2C3CCC4=CC(=O)C=C[C@]4(C)C3[C@@H](O)C[C@@]21C)[C@H]1C(=O)NC(CC)C(=O)N(C)CC(=O)N(C)[C@@H](CC(C)C)C(=O)NC(C(C)C)C(=O)N(C)[C@H](CC(C)C)C(=O)NC(C)C(=O)N[C@@H](C)C(=O)N(C)[C@H](CC(C)C)C(=O)N(C)C(CC(C)C)C(=O)N(C)[C@H](C(C)C)C(=O)N1C. The van der Waals surface area contributed by atoms with Crippen LogP contribution in [0, 0.1) is 76.4 Å². The van der Waals surface area contributed by atoms with Crippen LogP contribution in [-0.2, 0) is 81.3 Å². The number of carbonyl (C=O) groups is 15. The van der Waals surface area contributed by atoms with E-state index in [9.17, 15) is 63.0 Å². The third-order valence-corrected chi connectivity index (χ3v) is 26.1. The number of fused-ring (bicyclic) bond motifs is 5. The van der Waals surface area contributed by atoms with Gasteiger partial charge in [0.1, 0.15) is 72.1 Å². The average molecular weight is 1720 g/mol. The predicted molar refractivity (Wildman–Crippen MR) is 460 cm³/mol. The molecule has 31 heteroatoms. The monoisotopic (exact) mass is 1720 g/mol. The molecule has 1 radical (unpaired) electrons. The summed E-state index contributed by atoms with van der Waals surface area (Å²) in [6, 6.07) is -13.5. The van der Waals surface area contributed by atoms with Gasteiger partial charge in [-0.05, 0) is 176 Å². The number of likely N-dealkylation sites (N-methyl/N-ethyl adjacent to an activating group) is 7. The number of hydrogen-bond acceptors (Lipinski definition) is 20. The lowest BCUT2D eigenvalue weighted by atomic mass is 9.46. The summed E-state index contributed by atoms with van der Waals surface area (Å²) < 4.78 is 16.8. The molecule has 0 bridgehead atoms. The van der Waals surface area contributed by atoms with E-state index >= 15 is 19.2 Å². The quantitative estimate of drug-likeness (QED) is 0.0209. The highest BCUT2D eigenvalue weighted by atomic mass is 16.8. The van der Waals surface area contributed by atoms with Crippen molar-refractivity contribution in [3.8, 4) is 0 Å². The van der Waals surface area contributed by atoms with Crippen molar-refractivity contribution in [1.29, 1.82) is 0 Å². The van der Waals surface area contributed by atoms with Crippen molar-refractivity contribution in [1.82, 2.24) is 55.6 Å². The van der Waals surface area contributed by atoms with Gasteiger partial charge < -0.3 is 80.0 Å². The fourth-order valence-electron chi connectivity index (χ4n) is 19.0. The summed E-state index contributed by atoms with van der Waals surface area (Å²) in [6.45, 7) is 31.6. The Bertz CT molecular complexity index is 3820. The van der Waals surface area contributed by atoms with E-state index < -0.39 is 197 Å². The molecule has 4 fully saturated rings. The first-order valence-corrected chi connectivity index (χ1v) is 44.2. The summed E-state index contributed by atoms with van der Waals surface area (Å²) in [7, 11) is 9.59. The van der Waals surface area contributed by atoms with E-state index in [4.69, 9.17) is 14.2 Å². The molecule has 4 aliphatic carbocycles. The molecule has 1 heterocycles. The van der Waals surface area contributed by atoms with E-state index in [-0.39, 0.29) is 117 Å². The lowest BCUT2D eigenvalue weighted by molar-refractivity contribution is -0.176. The summed E-state index contributed by atoms with van der Waals surface area (Å²) >= 11 is 0. The largest absolute Gasteiger partial charge is 0.511 e. The predicted octanol–water partition coefficient (Wildman–Crippen LogP) is 7.66. The van der Waals surface area contributed by atoms with Crippen molar-refractivity contribution in [3.63, 3.8) is 0 Å². The minimum atomic E-state index is -1.87. The van der Waals surface area contributed by atoms with Gasteiger partial charge in [0.2, 0.25) is 71.8 Å². The van der Waals surface area contributed by atoms with Gasteiger partial charge in [-0.3, -0.25) is 67.1 Å². The summed E-state index contributed by atoms with van der Waals surface area (Å²) in [6.07, 6.45) is 10.4. The van der Waals surface area contributed by atoms with E-state index in [1.807, 2.05) is 68.4 Å². The molecule has 11 amide bonds. The molecule has 0 aromatic rings. The molecule has 5 aliphatic rings. The van der Waals surface area contributed by atoms with Gasteiger partial charge in [0.05, 0.1) is 12.6 Å². The summed E-state index contributed by atoms with van der Waals surface area (Å²) in [5, 5.41) is 35.2. The van der Waals surface area contributed by atoms with Gasteiger partial charge in [0.25, 0.3) is 0 Å². The molecular formula is C91H148N11O20. The van der Waals surface area contributed by atoms with Crippen LogP contribution < -0.4 is 21.3 Å². The van der Waals surface area contributed by atoms with Crippen LogP contribution in [0.25, 0.3) is 0 Å². The van der Waals surface area contributed by atoms with Crippen molar-refractivity contribution < 1.29 is 96.3 Å². The van der Waals surface area contributed by atoms with Crippen molar-refractivity contribution in [3.05, 3.63) is 42.4 Å². The first-order chi connectivity index (χ1) is 56.8. The number of hydrogen-bond donors (Lipinski definition) is 6. The van der Waals surface area contributed by atoms with Crippen LogP contribution >= 0.6 is 0 Å². The lowest BCUT2D eigenvalue weighted by Crippen LogP contribution is -2.64. The highest BCUT2D eigenvalue weighted by Crippen LogP contribution is 2.67. The molecule has 19 atom stereocenters. The second-order valence-electron chi connectivity index (χ2n) is 38.0. The Kier molecular flexibility index (Phi) is 38.6. The van der Waals surface area contributed by atoms with Crippen molar-refractivity contribution >= 4 is 88.7 Å². The third kappa shape index (κ3) is 25.4. The first kappa shape index (κ1) is 104. The van der Waals surface area contributed by atoms with Crippen LogP contribution in [0.1, 0.15) is 234 Å². The second-order valence-corrected chi connectivity index (χ2v) is 38.0. The zero-order valence-electron chi connectivity index (χ0n) is 77.8. The molecule has 1 aliphatic heterocycles. The minimum absolute atomic E-state index is 0.0146. The highest BCUT2D eigenvalue weighted by Gasteiger charge is 2.68. The number of aliphatic hydroxyl groups excluding tert-OH is 1. The van der Waals surface area contributed by atoms with Gasteiger partial charge in [-0.1, -0.05) is 141 Å². The van der Waals surface area contributed by atoms with Crippen molar-refractivity contribution in [2.24, 2.45) is 70.0 Å². The molecule has 687 valence electrons. The Morgan fingerprint density at radius 3 is 1.69 bits per heavy atom. The molecule has 122 heavy (non-hydrogen) atoms. The third-order valence-electron chi connectivity index (χ3n) is 26.1. The standard InChI is InChI=1S/C91H148N11O20/c1-27-29-34-57(15)77(122-88(118)121-50-120-72(107)36-33-31-30-32-35-70(105)91(119)42-40-63-62-38-37-60-47-61(103)39-41-89(60,18)73(62)69(104)48-90(63,91)19)76-81(111)94-64(28-2)83(113)96(20)49-71(106)97(21)65(43-51(3)4)80(110)95-74(55(11)12)86(116)98(22)66(44-52(5)6)79(109)92-58(16)78(108)93-59(17)82(112)99(23)67(45-53(7)8)84(114)100(24)68(46-54(9)10)85(115)101(25)75(56(13)14)87(117)102(76)26/h27,29,32,39,41,47,51-59,62-69,73-77,104,119H,28,30-31,33-38,40,42-46,48-50H2,1-26H3,(H,92,109)(H,93,108)(H,94,111)(H,95,110)/b29-27+/t57-,58?,59+,62?,63?,64?,65+,66-,67-,68?,69+,73?,74?,75-,76+,77?,89+,90+,91+/m1/s1. The number of carbonyl (C=O) groups excluding carboxylic acids is 15. The summed E-state index contributed by atoms with van der Waals surface area (Å²) in [4.78, 5) is 227. The number of rotatable bonds is 26. The number of aliphatic hydroxyl groups is 2. The number of esters is 1. The smallest absolute Gasteiger partial charge is 0.428 e. The van der Waals surface area contributed by atoms with E-state index in [1.165, 1.54) is 87.7 Å².